The van der Waals surface area contributed by atoms with E-state index < -0.39 is 45.5 Å². The van der Waals surface area contributed by atoms with Crippen molar-refractivity contribution in [3.8, 4) is 28.7 Å². The molecule has 264 valence electrons. The SMILES string of the molecule is CCOc1cc([C@@H]2NC(=O)NC(C)=C2C(=O)OC)ccc1OC[C@@H](O)N/N=C/c1cc(I)c(Oc2ccc([N+](=O)[O-])cc2[N+](=O)[O-])c(OC)c1. The van der Waals surface area contributed by atoms with E-state index in [0.717, 1.165) is 18.2 Å². The van der Waals surface area contributed by atoms with E-state index in [0.29, 0.717) is 26.1 Å². The summed E-state index contributed by atoms with van der Waals surface area (Å²) in [5, 5.41) is 42.4. The van der Waals surface area contributed by atoms with Crippen molar-refractivity contribution in [3.05, 3.63) is 94.7 Å². The lowest BCUT2D eigenvalue weighted by Gasteiger charge is -2.28. The first-order valence-corrected chi connectivity index (χ1v) is 15.7. The topological polar surface area (TPSA) is 235 Å². The number of benzene rings is 3. The van der Waals surface area contributed by atoms with E-state index in [9.17, 15) is 34.9 Å². The highest BCUT2D eigenvalue weighted by molar-refractivity contribution is 14.1. The number of non-ortho nitro benzene ring substituents is 1. The van der Waals surface area contributed by atoms with Crippen LogP contribution in [0.3, 0.4) is 0 Å². The van der Waals surface area contributed by atoms with E-state index in [1.165, 1.54) is 26.5 Å². The lowest BCUT2D eigenvalue weighted by molar-refractivity contribution is -0.394. The number of halogens is 1. The number of ether oxygens (including phenoxy) is 5. The first-order chi connectivity index (χ1) is 23.9. The van der Waals surface area contributed by atoms with Gasteiger partial charge in [0.25, 0.3) is 5.69 Å². The summed E-state index contributed by atoms with van der Waals surface area (Å²) >= 11 is 1.93. The number of carbonyl (C=O) groups excluding carboxylic acids is 2. The number of hydrazone groups is 1. The van der Waals surface area contributed by atoms with Gasteiger partial charge in [-0.05, 0) is 77.9 Å². The molecule has 0 saturated heterocycles. The summed E-state index contributed by atoms with van der Waals surface area (Å²) in [6.07, 6.45) is 0.112. The minimum atomic E-state index is -1.27. The number of urea groups is 1. The number of nitrogens with zero attached hydrogens (tertiary/aromatic N) is 3. The zero-order valence-corrected chi connectivity index (χ0v) is 29.1. The van der Waals surface area contributed by atoms with Gasteiger partial charge < -0.3 is 39.4 Å². The van der Waals surface area contributed by atoms with E-state index >= 15 is 0 Å². The molecule has 0 fully saturated rings. The van der Waals surface area contributed by atoms with Gasteiger partial charge in [-0.15, -0.1) is 0 Å². The van der Waals surface area contributed by atoms with Gasteiger partial charge in [0.1, 0.15) is 6.61 Å². The highest BCUT2D eigenvalue weighted by atomic mass is 127. The van der Waals surface area contributed by atoms with E-state index in [1.54, 1.807) is 38.1 Å². The highest BCUT2D eigenvalue weighted by Crippen LogP contribution is 2.41. The molecule has 1 heterocycles. The second kappa shape index (κ2) is 16.6. The quantitative estimate of drug-likeness (QED) is 0.0416. The zero-order valence-electron chi connectivity index (χ0n) is 26.9. The highest BCUT2D eigenvalue weighted by Gasteiger charge is 2.32. The van der Waals surface area contributed by atoms with Gasteiger partial charge in [0.2, 0.25) is 5.75 Å². The first kappa shape index (κ1) is 37.1. The van der Waals surface area contributed by atoms with Crippen molar-refractivity contribution >= 4 is 52.2 Å². The third kappa shape index (κ3) is 8.85. The number of aliphatic hydroxyl groups is 1. The van der Waals surface area contributed by atoms with Crippen molar-refractivity contribution in [3.63, 3.8) is 0 Å². The number of carbonyl (C=O) groups is 2. The van der Waals surface area contributed by atoms with E-state index in [-0.39, 0.29) is 41.8 Å². The second-order valence-corrected chi connectivity index (χ2v) is 11.4. The Labute approximate surface area is 297 Å². The molecule has 2 atom stereocenters. The summed E-state index contributed by atoms with van der Waals surface area (Å²) in [5.41, 5.74) is 3.10. The molecule has 19 heteroatoms. The predicted molar refractivity (Wildman–Crippen MR) is 185 cm³/mol. The van der Waals surface area contributed by atoms with Crippen molar-refractivity contribution in [2.75, 3.05) is 27.4 Å². The van der Waals surface area contributed by atoms with Gasteiger partial charge in [-0.25, -0.2) is 9.59 Å². The fourth-order valence-corrected chi connectivity index (χ4v) is 5.43. The van der Waals surface area contributed by atoms with Crippen LogP contribution in [-0.2, 0) is 9.53 Å². The summed E-state index contributed by atoms with van der Waals surface area (Å²) in [6.45, 7) is 3.39. The lowest BCUT2D eigenvalue weighted by atomic mass is 9.95. The zero-order chi connectivity index (χ0) is 36.5. The molecular formula is C31H31IN6O12. The number of aliphatic hydroxyl groups excluding tert-OH is 1. The summed E-state index contributed by atoms with van der Waals surface area (Å²) in [4.78, 5) is 45.7. The second-order valence-electron chi connectivity index (χ2n) is 10.2. The largest absolute Gasteiger partial charge is 0.493 e. The Morgan fingerprint density at radius 1 is 1.06 bits per heavy atom. The van der Waals surface area contributed by atoms with Crippen LogP contribution in [-0.4, -0.2) is 66.8 Å². The molecule has 4 N–H and O–H groups in total. The minimum absolute atomic E-state index is 0.134. The first-order valence-electron chi connectivity index (χ1n) is 14.6. The van der Waals surface area contributed by atoms with Crippen LogP contribution >= 0.6 is 22.6 Å². The Morgan fingerprint density at radius 3 is 2.46 bits per heavy atom. The fraction of sp³-hybridized carbons (Fsp3) is 0.258. The van der Waals surface area contributed by atoms with Gasteiger partial charge in [0.15, 0.2) is 29.2 Å². The number of hydrogen-bond donors (Lipinski definition) is 4. The molecule has 50 heavy (non-hydrogen) atoms. The molecule has 1 aliphatic heterocycles. The average Bonchev–Trinajstić information content (AvgIpc) is 3.08. The van der Waals surface area contributed by atoms with Crippen LogP contribution in [0.15, 0.2) is 64.9 Å². The molecule has 0 radical (unpaired) electrons. The molecule has 0 unspecified atom stereocenters. The number of amides is 2. The maximum Gasteiger partial charge on any atom is 0.337 e. The van der Waals surface area contributed by atoms with Crippen LogP contribution < -0.4 is 35.0 Å². The molecule has 4 rings (SSSR count). The standard InChI is InChI=1S/C31H31IN6O12/c1-5-48-24-12-18(28-27(30(40)47-4)16(2)34-31(41)35-28)6-8-23(24)49-15-26(39)36-33-14-17-10-20(32)29(25(11-17)46-3)50-22-9-7-19(37(42)43)13-21(22)38(44)45/h6-14,26,28,36,39H,5,15H2,1-4H3,(H2,34,35,41)/b33-14+/t26-,28+/m1/s1. The smallest absolute Gasteiger partial charge is 0.337 e. The van der Waals surface area contributed by atoms with Gasteiger partial charge >= 0.3 is 17.7 Å². The Kier molecular flexibility index (Phi) is 12.3. The number of nitro groups is 2. The molecule has 0 bridgehead atoms. The number of methoxy groups -OCH3 is 2. The van der Waals surface area contributed by atoms with Crippen LogP contribution in [0, 0.1) is 23.8 Å². The van der Waals surface area contributed by atoms with Gasteiger partial charge in [0, 0.05) is 11.8 Å². The molecule has 0 aliphatic carbocycles. The monoisotopic (exact) mass is 806 g/mol. The van der Waals surface area contributed by atoms with E-state index in [2.05, 4.69) is 21.2 Å². The maximum absolute atomic E-state index is 12.5. The fourth-order valence-electron chi connectivity index (χ4n) is 4.69. The normalized spacial score (nSPS) is 14.7. The number of esters is 1. The lowest BCUT2D eigenvalue weighted by Crippen LogP contribution is -2.45. The number of allylic oxidation sites excluding steroid dienone is 1. The third-order valence-corrected chi connectivity index (χ3v) is 7.72. The van der Waals surface area contributed by atoms with Crippen molar-refractivity contribution in [1.29, 1.82) is 0 Å². The van der Waals surface area contributed by atoms with Gasteiger partial charge in [-0.3, -0.25) is 25.7 Å². The molecule has 18 nitrogen and oxygen atoms in total. The van der Waals surface area contributed by atoms with Gasteiger partial charge in [0.05, 0.1) is 58.1 Å². The Morgan fingerprint density at radius 2 is 1.80 bits per heavy atom. The van der Waals surface area contributed by atoms with Crippen LogP contribution in [0.25, 0.3) is 0 Å². The van der Waals surface area contributed by atoms with Gasteiger partial charge in [-0.1, -0.05) is 6.07 Å². The van der Waals surface area contributed by atoms with Gasteiger partial charge in [-0.2, -0.15) is 5.10 Å². The molecule has 1 aliphatic rings. The number of nitro benzene ring substituents is 2. The summed E-state index contributed by atoms with van der Waals surface area (Å²) < 4.78 is 28.0. The van der Waals surface area contributed by atoms with E-state index in [1.807, 2.05) is 22.6 Å². The van der Waals surface area contributed by atoms with Crippen molar-refractivity contribution in [2.24, 2.45) is 5.10 Å². The molecule has 0 saturated carbocycles. The number of hydrogen-bond acceptors (Lipinski definition) is 14. The van der Waals surface area contributed by atoms with Crippen molar-refractivity contribution in [1.82, 2.24) is 16.1 Å². The third-order valence-electron chi connectivity index (χ3n) is 6.92. The number of nitrogens with one attached hydrogen (secondary N) is 3. The van der Waals surface area contributed by atoms with Crippen LogP contribution in [0.5, 0.6) is 28.7 Å². The van der Waals surface area contributed by atoms with Crippen LogP contribution in [0.2, 0.25) is 0 Å². The Bertz CT molecular complexity index is 1870. The Hall–Kier alpha value is -5.70. The maximum atomic E-state index is 12.5. The van der Waals surface area contributed by atoms with Crippen molar-refractivity contribution in [2.45, 2.75) is 26.1 Å². The molecule has 2 amide bonds. The molecular weight excluding hydrogens is 775 g/mol. The molecule has 3 aromatic rings. The molecule has 3 aromatic carbocycles. The van der Waals surface area contributed by atoms with E-state index in [4.69, 9.17) is 23.7 Å². The summed E-state index contributed by atoms with van der Waals surface area (Å²) in [5.74, 6) is 0.0766. The Balaban J connectivity index is 1.44. The van der Waals surface area contributed by atoms with Crippen LogP contribution in [0.1, 0.15) is 31.0 Å². The summed E-state index contributed by atoms with van der Waals surface area (Å²) in [7, 11) is 2.61. The molecule has 0 spiro atoms. The molecule has 0 aromatic heterocycles. The van der Waals surface area contributed by atoms with Crippen molar-refractivity contribution < 1.29 is 48.2 Å². The predicted octanol–water partition coefficient (Wildman–Crippen LogP) is 4.43. The number of rotatable bonds is 15. The average molecular weight is 807 g/mol. The minimum Gasteiger partial charge on any atom is -0.493 e. The summed E-state index contributed by atoms with van der Waals surface area (Å²) in [6, 6.07) is 9.74. The van der Waals surface area contributed by atoms with Crippen LogP contribution in [0.4, 0.5) is 16.2 Å².